The molecule has 1 aliphatic carbocycles. The Hall–Kier alpha value is -0.860. The molecule has 0 aromatic heterocycles. The average molecular weight is 259 g/mol. The van der Waals surface area contributed by atoms with E-state index >= 15 is 0 Å². The Morgan fingerprint density at radius 3 is 2.84 bits per heavy atom. The minimum atomic E-state index is 0.501. The predicted octanol–water partition coefficient (Wildman–Crippen LogP) is 3.34. The molecule has 1 N–H and O–H groups in total. The van der Waals surface area contributed by atoms with Crippen LogP contribution in [0.25, 0.3) is 0 Å². The van der Waals surface area contributed by atoms with Crippen molar-refractivity contribution in [2.75, 3.05) is 13.2 Å². The van der Waals surface area contributed by atoms with E-state index in [1.54, 1.807) is 0 Å². The van der Waals surface area contributed by atoms with Gasteiger partial charge in [-0.25, -0.2) is 0 Å². The maximum Gasteiger partial charge on any atom is 0.0590 e. The molecule has 2 aliphatic rings. The molecule has 2 heteroatoms. The molecule has 104 valence electrons. The van der Waals surface area contributed by atoms with E-state index in [4.69, 9.17) is 4.74 Å². The van der Waals surface area contributed by atoms with E-state index in [2.05, 4.69) is 42.6 Å². The highest BCUT2D eigenvalue weighted by molar-refractivity contribution is 5.26. The molecule has 4 atom stereocenters. The maximum absolute atomic E-state index is 5.81. The van der Waals surface area contributed by atoms with Gasteiger partial charge in [0.1, 0.15) is 0 Å². The zero-order chi connectivity index (χ0) is 13.1. The van der Waals surface area contributed by atoms with Gasteiger partial charge in [-0.15, -0.1) is 0 Å². The number of nitrogens with one attached hydrogen (secondary N) is 1. The maximum atomic E-state index is 5.81. The third-order valence-electron chi connectivity index (χ3n) is 4.59. The highest BCUT2D eigenvalue weighted by Crippen LogP contribution is 2.50. The lowest BCUT2D eigenvalue weighted by atomic mass is 9.99. The fourth-order valence-corrected chi connectivity index (χ4v) is 3.53. The highest BCUT2D eigenvalue weighted by atomic mass is 16.5. The molecule has 3 rings (SSSR count). The van der Waals surface area contributed by atoms with Crippen LogP contribution >= 0.6 is 0 Å². The number of hydrogen-bond donors (Lipinski definition) is 1. The van der Waals surface area contributed by atoms with Crippen LogP contribution in [0.15, 0.2) is 30.3 Å². The molecule has 2 fully saturated rings. The Balaban J connectivity index is 1.59. The van der Waals surface area contributed by atoms with E-state index in [1.165, 1.54) is 31.2 Å². The van der Waals surface area contributed by atoms with Crippen LogP contribution in [-0.2, 0) is 4.74 Å². The molecule has 4 unspecified atom stereocenters. The zero-order valence-electron chi connectivity index (χ0n) is 11.8. The van der Waals surface area contributed by atoms with Gasteiger partial charge in [-0.1, -0.05) is 37.3 Å². The van der Waals surface area contributed by atoms with Crippen molar-refractivity contribution in [1.82, 2.24) is 5.32 Å². The number of ether oxygens (including phenoxy) is 1. The van der Waals surface area contributed by atoms with Gasteiger partial charge in [-0.3, -0.25) is 0 Å². The minimum Gasteiger partial charge on any atom is -0.378 e. The second-order valence-corrected chi connectivity index (χ2v) is 5.95. The van der Waals surface area contributed by atoms with Gasteiger partial charge < -0.3 is 10.1 Å². The summed E-state index contributed by atoms with van der Waals surface area (Å²) in [4.78, 5) is 0. The summed E-state index contributed by atoms with van der Waals surface area (Å²) in [7, 11) is 0. The Kier molecular flexibility index (Phi) is 4.19. The van der Waals surface area contributed by atoms with Crippen LogP contribution in [-0.4, -0.2) is 25.3 Å². The van der Waals surface area contributed by atoms with E-state index in [1.807, 2.05) is 0 Å². The third kappa shape index (κ3) is 3.18. The average Bonchev–Trinajstić information content (AvgIpc) is 3.09. The molecule has 1 aromatic rings. The number of hydrogen-bond acceptors (Lipinski definition) is 2. The van der Waals surface area contributed by atoms with E-state index in [-0.39, 0.29) is 0 Å². The summed E-state index contributed by atoms with van der Waals surface area (Å²) >= 11 is 0. The Labute approximate surface area is 116 Å². The molecular weight excluding hydrogens is 234 g/mol. The second kappa shape index (κ2) is 6.06. The van der Waals surface area contributed by atoms with Crippen LogP contribution < -0.4 is 5.32 Å². The highest BCUT2D eigenvalue weighted by Gasteiger charge is 2.44. The van der Waals surface area contributed by atoms with Gasteiger partial charge in [0.2, 0.25) is 0 Å². The third-order valence-corrected chi connectivity index (χ3v) is 4.59. The molecule has 1 saturated heterocycles. The van der Waals surface area contributed by atoms with E-state index in [0.29, 0.717) is 12.1 Å². The summed E-state index contributed by atoms with van der Waals surface area (Å²) < 4.78 is 5.81. The van der Waals surface area contributed by atoms with Crippen LogP contribution in [0.3, 0.4) is 0 Å². The molecule has 0 radical (unpaired) electrons. The summed E-state index contributed by atoms with van der Waals surface area (Å²) in [5.41, 5.74) is 1.52. The number of rotatable bonds is 6. The standard InChI is InChI=1S/C17H25NO/c1-2-18-17(11-14-9-6-10-19-14)16-12-15(16)13-7-4-3-5-8-13/h3-5,7-8,14-18H,2,6,9-12H2,1H3. The molecule has 1 aliphatic heterocycles. The van der Waals surface area contributed by atoms with Crippen LogP contribution in [0.5, 0.6) is 0 Å². The Morgan fingerprint density at radius 1 is 1.32 bits per heavy atom. The van der Waals surface area contributed by atoms with Crippen molar-refractivity contribution in [2.45, 2.75) is 50.7 Å². The number of benzene rings is 1. The molecule has 19 heavy (non-hydrogen) atoms. The lowest BCUT2D eigenvalue weighted by Crippen LogP contribution is -2.34. The van der Waals surface area contributed by atoms with Crippen LogP contribution in [0, 0.1) is 5.92 Å². The van der Waals surface area contributed by atoms with Gasteiger partial charge in [-0.05, 0) is 49.6 Å². The Morgan fingerprint density at radius 2 is 2.16 bits per heavy atom. The van der Waals surface area contributed by atoms with E-state index in [0.717, 1.165) is 25.0 Å². The van der Waals surface area contributed by atoms with Crippen molar-refractivity contribution in [3.05, 3.63) is 35.9 Å². The van der Waals surface area contributed by atoms with Crippen molar-refractivity contribution >= 4 is 0 Å². The summed E-state index contributed by atoms with van der Waals surface area (Å²) in [5, 5.41) is 3.69. The largest absolute Gasteiger partial charge is 0.378 e. The van der Waals surface area contributed by atoms with Crippen LogP contribution in [0.2, 0.25) is 0 Å². The lowest BCUT2D eigenvalue weighted by molar-refractivity contribution is 0.0921. The SMILES string of the molecule is CCNC(CC1CCCO1)C1CC1c1ccccc1. The fourth-order valence-electron chi connectivity index (χ4n) is 3.53. The minimum absolute atomic E-state index is 0.501. The normalized spacial score (nSPS) is 31.3. The first kappa shape index (κ1) is 13.1. The lowest BCUT2D eigenvalue weighted by Gasteiger charge is -2.21. The molecule has 1 heterocycles. The fraction of sp³-hybridized carbons (Fsp3) is 0.647. The summed E-state index contributed by atoms with van der Waals surface area (Å²) in [6.45, 7) is 4.24. The van der Waals surface area contributed by atoms with Gasteiger partial charge in [-0.2, -0.15) is 0 Å². The Bertz CT molecular complexity index is 386. The predicted molar refractivity (Wildman–Crippen MR) is 78.3 cm³/mol. The summed E-state index contributed by atoms with van der Waals surface area (Å²) in [6.07, 6.45) is 5.54. The van der Waals surface area contributed by atoms with Crippen LogP contribution in [0.4, 0.5) is 0 Å². The first-order valence-electron chi connectivity index (χ1n) is 7.78. The van der Waals surface area contributed by atoms with Gasteiger partial charge in [0.25, 0.3) is 0 Å². The zero-order valence-corrected chi connectivity index (χ0v) is 11.8. The van der Waals surface area contributed by atoms with Gasteiger partial charge >= 0.3 is 0 Å². The van der Waals surface area contributed by atoms with Crippen molar-refractivity contribution in [2.24, 2.45) is 5.92 Å². The second-order valence-electron chi connectivity index (χ2n) is 5.95. The molecule has 0 amide bonds. The first-order chi connectivity index (χ1) is 9.38. The molecule has 2 nitrogen and oxygen atoms in total. The molecule has 0 bridgehead atoms. The van der Waals surface area contributed by atoms with Gasteiger partial charge in [0, 0.05) is 12.6 Å². The first-order valence-corrected chi connectivity index (χ1v) is 7.78. The summed E-state index contributed by atoms with van der Waals surface area (Å²) in [5.74, 6) is 1.58. The van der Waals surface area contributed by atoms with Gasteiger partial charge in [0.05, 0.1) is 6.10 Å². The molecule has 1 saturated carbocycles. The molecule has 0 spiro atoms. The molecule has 1 aromatic carbocycles. The summed E-state index contributed by atoms with van der Waals surface area (Å²) in [6, 6.07) is 11.6. The smallest absolute Gasteiger partial charge is 0.0590 e. The molecular formula is C17H25NO. The van der Waals surface area contributed by atoms with Crippen molar-refractivity contribution in [3.8, 4) is 0 Å². The van der Waals surface area contributed by atoms with Crippen molar-refractivity contribution in [3.63, 3.8) is 0 Å². The van der Waals surface area contributed by atoms with Crippen molar-refractivity contribution in [1.29, 1.82) is 0 Å². The quantitative estimate of drug-likeness (QED) is 0.846. The van der Waals surface area contributed by atoms with E-state index < -0.39 is 0 Å². The van der Waals surface area contributed by atoms with Crippen molar-refractivity contribution < 1.29 is 4.74 Å². The topological polar surface area (TPSA) is 21.3 Å². The van der Waals surface area contributed by atoms with Gasteiger partial charge in [0.15, 0.2) is 0 Å². The van der Waals surface area contributed by atoms with E-state index in [9.17, 15) is 0 Å². The monoisotopic (exact) mass is 259 g/mol. The van der Waals surface area contributed by atoms with Crippen LogP contribution in [0.1, 0.15) is 44.1 Å².